The summed E-state index contributed by atoms with van der Waals surface area (Å²) < 4.78 is 13.3. The van der Waals surface area contributed by atoms with Gasteiger partial charge in [0.2, 0.25) is 5.95 Å². The van der Waals surface area contributed by atoms with E-state index in [0.717, 1.165) is 43.0 Å². The minimum absolute atomic E-state index is 0.207. The van der Waals surface area contributed by atoms with E-state index in [0.29, 0.717) is 25.0 Å². The molecular formula is C26H32FN5. The molecule has 0 aliphatic carbocycles. The molecule has 0 bridgehead atoms. The fourth-order valence-corrected chi connectivity index (χ4v) is 4.23. The first-order chi connectivity index (χ1) is 15.7. The molecule has 5 nitrogen and oxygen atoms in total. The molecule has 0 radical (unpaired) electrons. The van der Waals surface area contributed by atoms with Crippen LogP contribution in [0, 0.1) is 5.82 Å². The highest BCUT2D eigenvalue weighted by Crippen LogP contribution is 2.20. The van der Waals surface area contributed by atoms with Gasteiger partial charge in [-0.1, -0.05) is 37.3 Å². The standard InChI is InChI=1S/C26H32FN5/c1-2-32(19-24-10-5-13-28-24)18-21-7-3-8-22(16-21)25-12-15-30-26(31-25)29-14-11-20-6-4-9-23(27)17-20/h3-4,6-9,12,15-17,24,28H,2,5,10-11,13-14,18-19H2,1H3,(H,29,30,31)/t24-/m0/s1. The lowest BCUT2D eigenvalue weighted by Crippen LogP contribution is -2.37. The Labute approximate surface area is 190 Å². The van der Waals surface area contributed by atoms with Crippen molar-refractivity contribution in [3.63, 3.8) is 0 Å². The summed E-state index contributed by atoms with van der Waals surface area (Å²) in [6, 6.07) is 17.8. The lowest BCUT2D eigenvalue weighted by molar-refractivity contribution is 0.253. The van der Waals surface area contributed by atoms with E-state index in [2.05, 4.69) is 51.7 Å². The fraction of sp³-hybridized carbons (Fsp3) is 0.385. The van der Waals surface area contributed by atoms with Crippen LogP contribution in [0.2, 0.25) is 0 Å². The number of rotatable bonds is 10. The Bertz CT molecular complexity index is 1000. The van der Waals surface area contributed by atoms with Gasteiger partial charge in [-0.15, -0.1) is 0 Å². The largest absolute Gasteiger partial charge is 0.354 e. The Morgan fingerprint density at radius 3 is 2.81 bits per heavy atom. The number of hydrogen-bond acceptors (Lipinski definition) is 5. The summed E-state index contributed by atoms with van der Waals surface area (Å²) >= 11 is 0. The smallest absolute Gasteiger partial charge is 0.223 e. The minimum atomic E-state index is -0.207. The molecule has 6 heteroatoms. The summed E-state index contributed by atoms with van der Waals surface area (Å²) in [6.45, 7) is 7.08. The average molecular weight is 434 g/mol. The maximum absolute atomic E-state index is 13.3. The molecule has 0 spiro atoms. The fourth-order valence-electron chi connectivity index (χ4n) is 4.23. The Kier molecular flexibility index (Phi) is 7.80. The van der Waals surface area contributed by atoms with E-state index in [9.17, 15) is 4.39 Å². The van der Waals surface area contributed by atoms with Crippen molar-refractivity contribution >= 4 is 5.95 Å². The molecule has 1 atom stereocenters. The predicted molar refractivity (Wildman–Crippen MR) is 128 cm³/mol. The number of anilines is 1. The summed E-state index contributed by atoms with van der Waals surface area (Å²) in [5.41, 5.74) is 4.24. The monoisotopic (exact) mass is 433 g/mol. The third-order valence-corrected chi connectivity index (χ3v) is 5.96. The maximum Gasteiger partial charge on any atom is 0.223 e. The number of likely N-dealkylation sites (N-methyl/N-ethyl adjacent to an activating group) is 1. The summed E-state index contributed by atoms with van der Waals surface area (Å²) in [5.74, 6) is 0.383. The van der Waals surface area contributed by atoms with Crippen molar-refractivity contribution in [2.75, 3.05) is 31.5 Å². The molecule has 2 aromatic carbocycles. The number of hydrogen-bond donors (Lipinski definition) is 2. The van der Waals surface area contributed by atoms with Gasteiger partial charge < -0.3 is 10.6 Å². The van der Waals surface area contributed by atoms with Gasteiger partial charge in [0.05, 0.1) is 5.69 Å². The van der Waals surface area contributed by atoms with Crippen LogP contribution in [0.25, 0.3) is 11.3 Å². The molecule has 168 valence electrons. The first-order valence-corrected chi connectivity index (χ1v) is 11.6. The molecule has 2 heterocycles. The van der Waals surface area contributed by atoms with Crippen molar-refractivity contribution in [2.45, 2.75) is 38.8 Å². The molecule has 0 unspecified atom stereocenters. The van der Waals surface area contributed by atoms with Crippen LogP contribution in [-0.2, 0) is 13.0 Å². The zero-order valence-corrected chi connectivity index (χ0v) is 18.7. The Hall–Kier alpha value is -2.83. The van der Waals surface area contributed by atoms with E-state index in [1.54, 1.807) is 18.3 Å². The topological polar surface area (TPSA) is 53.1 Å². The van der Waals surface area contributed by atoms with Gasteiger partial charge in [0.15, 0.2) is 0 Å². The average Bonchev–Trinajstić information content (AvgIpc) is 3.32. The zero-order valence-electron chi connectivity index (χ0n) is 18.7. The second-order valence-electron chi connectivity index (χ2n) is 8.39. The molecule has 0 amide bonds. The summed E-state index contributed by atoms with van der Waals surface area (Å²) in [4.78, 5) is 11.5. The van der Waals surface area contributed by atoms with Gasteiger partial charge in [0, 0.05) is 37.4 Å². The van der Waals surface area contributed by atoms with Gasteiger partial charge in [-0.25, -0.2) is 14.4 Å². The van der Waals surface area contributed by atoms with Crippen LogP contribution in [0.15, 0.2) is 60.8 Å². The number of benzene rings is 2. The minimum Gasteiger partial charge on any atom is -0.354 e. The van der Waals surface area contributed by atoms with Crippen molar-refractivity contribution in [1.82, 2.24) is 20.2 Å². The highest BCUT2D eigenvalue weighted by atomic mass is 19.1. The quantitative estimate of drug-likeness (QED) is 0.493. The van der Waals surface area contributed by atoms with E-state index in [1.165, 1.54) is 24.5 Å². The van der Waals surface area contributed by atoms with Crippen molar-refractivity contribution in [3.8, 4) is 11.3 Å². The lowest BCUT2D eigenvalue weighted by Gasteiger charge is -2.24. The number of aromatic nitrogens is 2. The zero-order chi connectivity index (χ0) is 22.2. The van der Waals surface area contributed by atoms with Crippen molar-refractivity contribution < 1.29 is 4.39 Å². The molecule has 3 aromatic rings. The number of nitrogens with zero attached hydrogens (tertiary/aromatic N) is 3. The van der Waals surface area contributed by atoms with Crippen LogP contribution < -0.4 is 10.6 Å². The first-order valence-electron chi connectivity index (χ1n) is 11.6. The van der Waals surface area contributed by atoms with E-state index in [1.807, 2.05) is 12.1 Å². The molecule has 1 saturated heterocycles. The number of nitrogens with one attached hydrogen (secondary N) is 2. The van der Waals surface area contributed by atoms with Gasteiger partial charge >= 0.3 is 0 Å². The molecular weight excluding hydrogens is 401 g/mol. The van der Waals surface area contributed by atoms with E-state index in [-0.39, 0.29) is 5.82 Å². The summed E-state index contributed by atoms with van der Waals surface area (Å²) in [5, 5.41) is 6.86. The molecule has 32 heavy (non-hydrogen) atoms. The summed E-state index contributed by atoms with van der Waals surface area (Å²) in [6.07, 6.45) is 5.05. The van der Waals surface area contributed by atoms with Gasteiger partial charge in [-0.05, 0) is 67.7 Å². The highest BCUT2D eigenvalue weighted by Gasteiger charge is 2.17. The molecule has 2 N–H and O–H groups in total. The molecule has 1 aliphatic heterocycles. The van der Waals surface area contributed by atoms with E-state index < -0.39 is 0 Å². The van der Waals surface area contributed by atoms with Crippen LogP contribution in [-0.4, -0.2) is 47.1 Å². The van der Waals surface area contributed by atoms with E-state index >= 15 is 0 Å². The highest BCUT2D eigenvalue weighted by molar-refractivity contribution is 5.60. The van der Waals surface area contributed by atoms with Gasteiger partial charge in [-0.2, -0.15) is 0 Å². The molecule has 4 rings (SSSR count). The van der Waals surface area contributed by atoms with Gasteiger partial charge in [0.1, 0.15) is 5.82 Å². The van der Waals surface area contributed by atoms with Gasteiger partial charge in [-0.3, -0.25) is 4.90 Å². The lowest BCUT2D eigenvalue weighted by atomic mass is 10.1. The van der Waals surface area contributed by atoms with Crippen LogP contribution >= 0.6 is 0 Å². The normalized spacial score (nSPS) is 15.9. The molecule has 1 fully saturated rings. The van der Waals surface area contributed by atoms with Crippen molar-refractivity contribution in [2.24, 2.45) is 0 Å². The molecule has 1 aromatic heterocycles. The van der Waals surface area contributed by atoms with E-state index in [4.69, 9.17) is 4.98 Å². The first kappa shape index (κ1) is 22.4. The second kappa shape index (κ2) is 11.2. The number of halogens is 1. The van der Waals surface area contributed by atoms with Crippen LogP contribution in [0.5, 0.6) is 0 Å². The van der Waals surface area contributed by atoms with Crippen LogP contribution in [0.4, 0.5) is 10.3 Å². The summed E-state index contributed by atoms with van der Waals surface area (Å²) in [7, 11) is 0. The Morgan fingerprint density at radius 2 is 2.00 bits per heavy atom. The Morgan fingerprint density at radius 1 is 1.12 bits per heavy atom. The molecule has 1 aliphatic rings. The van der Waals surface area contributed by atoms with Crippen LogP contribution in [0.3, 0.4) is 0 Å². The SMILES string of the molecule is CCN(Cc1cccc(-c2ccnc(NCCc3cccc(F)c3)n2)c1)C[C@@H]1CCCN1. The predicted octanol–water partition coefficient (Wildman–Crippen LogP) is 4.51. The third-order valence-electron chi connectivity index (χ3n) is 5.96. The third kappa shape index (κ3) is 6.34. The Balaban J connectivity index is 1.37. The van der Waals surface area contributed by atoms with Gasteiger partial charge in [0.25, 0.3) is 0 Å². The molecule has 0 saturated carbocycles. The van der Waals surface area contributed by atoms with Crippen molar-refractivity contribution in [1.29, 1.82) is 0 Å². The second-order valence-corrected chi connectivity index (χ2v) is 8.39. The maximum atomic E-state index is 13.3. The van der Waals surface area contributed by atoms with Crippen molar-refractivity contribution in [3.05, 3.63) is 77.7 Å². The van der Waals surface area contributed by atoms with Crippen LogP contribution in [0.1, 0.15) is 30.9 Å².